The van der Waals surface area contributed by atoms with Crippen molar-refractivity contribution in [1.82, 2.24) is 0 Å². The minimum absolute atomic E-state index is 0.161. The summed E-state index contributed by atoms with van der Waals surface area (Å²) in [6.45, 7) is 31.5. The highest BCUT2D eigenvalue weighted by Gasteiger charge is 2.50. The van der Waals surface area contributed by atoms with Gasteiger partial charge < -0.3 is 0 Å². The summed E-state index contributed by atoms with van der Waals surface area (Å²) in [5.41, 5.74) is 16.3. The predicted molar refractivity (Wildman–Crippen MR) is 137 cm³/mol. The van der Waals surface area contributed by atoms with Gasteiger partial charge in [0, 0.05) is 5.92 Å². The number of hydrogen-bond acceptors (Lipinski definition) is 0. The van der Waals surface area contributed by atoms with Crippen LogP contribution in [0.25, 0.3) is 11.1 Å². The average molecular weight is 411 g/mol. The number of aryl methyl sites for hydroxylation is 1. The monoisotopic (exact) mass is 410 g/mol. The Hall–Kier alpha value is -2.34. The van der Waals surface area contributed by atoms with Crippen LogP contribution < -0.4 is 0 Å². The zero-order valence-electron chi connectivity index (χ0n) is 20.5. The molecular weight excluding hydrogens is 372 g/mol. The van der Waals surface area contributed by atoms with Crippen LogP contribution in [0.3, 0.4) is 0 Å². The molecule has 0 heteroatoms. The summed E-state index contributed by atoms with van der Waals surface area (Å²) in [5, 5.41) is 0. The molecule has 162 valence electrons. The van der Waals surface area contributed by atoms with Gasteiger partial charge in [-0.15, -0.1) is 0 Å². The number of fused-ring (bicyclic) bond motifs is 3. The Morgan fingerprint density at radius 3 is 2.32 bits per heavy atom. The van der Waals surface area contributed by atoms with E-state index in [2.05, 4.69) is 73.4 Å². The largest absolute Gasteiger partial charge is 0.0955 e. The van der Waals surface area contributed by atoms with Gasteiger partial charge in [0.15, 0.2) is 0 Å². The van der Waals surface area contributed by atoms with Gasteiger partial charge in [0.05, 0.1) is 0 Å². The molecule has 31 heavy (non-hydrogen) atoms. The summed E-state index contributed by atoms with van der Waals surface area (Å²) in [4.78, 5) is 0. The lowest BCUT2D eigenvalue weighted by Gasteiger charge is -2.53. The second kappa shape index (κ2) is 7.37. The lowest BCUT2D eigenvalue weighted by Crippen LogP contribution is -2.42. The van der Waals surface area contributed by atoms with Crippen LogP contribution in [0, 0.1) is 24.2 Å². The molecule has 0 saturated carbocycles. The SMILES string of the molecule is C=C(C)C1=C(C)CC2CC3(CC)Cc4c(C(=C)C)ccc(C)c4C(=C)C3=C(C)C2C1=C. The smallest absolute Gasteiger partial charge is 0.00834 e. The quantitative estimate of drug-likeness (QED) is 0.467. The molecule has 0 saturated heterocycles. The first-order chi connectivity index (χ1) is 14.5. The maximum Gasteiger partial charge on any atom is 0.00834 e. The Balaban J connectivity index is 1.97. The van der Waals surface area contributed by atoms with Gasteiger partial charge in [-0.2, -0.15) is 0 Å². The van der Waals surface area contributed by atoms with E-state index < -0.39 is 0 Å². The molecule has 0 aromatic heterocycles. The van der Waals surface area contributed by atoms with Crippen LogP contribution in [0.1, 0.15) is 76.1 Å². The van der Waals surface area contributed by atoms with Crippen LogP contribution in [0.2, 0.25) is 0 Å². The first-order valence-electron chi connectivity index (χ1n) is 11.8. The van der Waals surface area contributed by atoms with E-state index in [1.165, 1.54) is 62.1 Å². The topological polar surface area (TPSA) is 0 Å². The highest BCUT2D eigenvalue weighted by Crippen LogP contribution is 2.62. The van der Waals surface area contributed by atoms with Crippen molar-refractivity contribution in [2.24, 2.45) is 17.3 Å². The Kier molecular flexibility index (Phi) is 5.20. The van der Waals surface area contributed by atoms with Crippen LogP contribution in [0.5, 0.6) is 0 Å². The molecule has 3 aliphatic carbocycles. The van der Waals surface area contributed by atoms with Gasteiger partial charge in [-0.1, -0.05) is 67.7 Å². The molecule has 0 radical (unpaired) electrons. The third kappa shape index (κ3) is 3.02. The van der Waals surface area contributed by atoms with E-state index in [0.717, 1.165) is 30.4 Å². The van der Waals surface area contributed by atoms with Gasteiger partial charge in [-0.25, -0.2) is 0 Å². The van der Waals surface area contributed by atoms with Gasteiger partial charge in [0.25, 0.3) is 0 Å². The lowest BCUT2D eigenvalue weighted by molar-refractivity contribution is 0.195. The van der Waals surface area contributed by atoms with Crippen molar-refractivity contribution in [2.45, 2.75) is 67.2 Å². The second-order valence-electron chi connectivity index (χ2n) is 10.5. The predicted octanol–water partition coefficient (Wildman–Crippen LogP) is 8.80. The van der Waals surface area contributed by atoms with Gasteiger partial charge >= 0.3 is 0 Å². The molecule has 0 bridgehead atoms. The summed E-state index contributed by atoms with van der Waals surface area (Å²) in [6.07, 6.45) is 4.61. The Labute approximate surface area is 189 Å². The van der Waals surface area contributed by atoms with E-state index in [4.69, 9.17) is 6.58 Å². The van der Waals surface area contributed by atoms with Crippen LogP contribution >= 0.6 is 0 Å². The Morgan fingerprint density at radius 2 is 1.74 bits per heavy atom. The van der Waals surface area contributed by atoms with Crippen molar-refractivity contribution in [3.63, 3.8) is 0 Å². The molecule has 1 aromatic rings. The molecule has 4 rings (SSSR count). The zero-order valence-corrected chi connectivity index (χ0v) is 20.5. The highest BCUT2D eigenvalue weighted by molar-refractivity contribution is 5.88. The maximum atomic E-state index is 4.73. The van der Waals surface area contributed by atoms with Crippen molar-refractivity contribution in [2.75, 3.05) is 0 Å². The van der Waals surface area contributed by atoms with Crippen molar-refractivity contribution in [1.29, 1.82) is 0 Å². The highest BCUT2D eigenvalue weighted by atomic mass is 14.5. The van der Waals surface area contributed by atoms with E-state index >= 15 is 0 Å². The third-order valence-corrected chi connectivity index (χ3v) is 8.41. The van der Waals surface area contributed by atoms with E-state index in [0.29, 0.717) is 11.8 Å². The maximum absolute atomic E-state index is 4.73. The summed E-state index contributed by atoms with van der Waals surface area (Å²) < 4.78 is 0. The molecule has 0 N–H and O–H groups in total. The van der Waals surface area contributed by atoms with Gasteiger partial charge in [0.1, 0.15) is 0 Å². The van der Waals surface area contributed by atoms with E-state index in [-0.39, 0.29) is 5.41 Å². The molecule has 0 spiro atoms. The van der Waals surface area contributed by atoms with Crippen molar-refractivity contribution in [3.05, 3.63) is 94.1 Å². The number of hydrogen-bond donors (Lipinski definition) is 0. The molecule has 0 aliphatic heterocycles. The Morgan fingerprint density at radius 1 is 1.06 bits per heavy atom. The molecule has 3 unspecified atom stereocenters. The average Bonchev–Trinajstić information content (AvgIpc) is 2.66. The summed E-state index contributed by atoms with van der Waals surface area (Å²) >= 11 is 0. The second-order valence-corrected chi connectivity index (χ2v) is 10.5. The number of benzene rings is 1. The van der Waals surface area contributed by atoms with Crippen LogP contribution in [0.15, 0.2) is 71.9 Å². The standard InChI is InChI=1S/C31H38/c1-11-31-15-24-14-20(7)27(18(4)5)21(8)29(24)23(10)30(31)22(9)28-19(6)12-13-25(17(2)3)26(28)16-31/h12-13,24,29H,2,4,8-9,11,14-16H2,1,3,5-7,10H3. The van der Waals surface area contributed by atoms with Crippen LogP contribution in [-0.4, -0.2) is 0 Å². The third-order valence-electron chi connectivity index (χ3n) is 8.41. The summed E-state index contributed by atoms with van der Waals surface area (Å²) in [6, 6.07) is 4.52. The first kappa shape index (κ1) is 21.9. The molecule has 3 atom stereocenters. The summed E-state index contributed by atoms with van der Waals surface area (Å²) in [7, 11) is 0. The van der Waals surface area contributed by atoms with Crippen LogP contribution in [0.4, 0.5) is 0 Å². The fourth-order valence-corrected chi connectivity index (χ4v) is 7.34. The fourth-order valence-electron chi connectivity index (χ4n) is 7.34. The normalized spacial score (nSPS) is 27.7. The molecule has 0 amide bonds. The van der Waals surface area contributed by atoms with E-state index in [9.17, 15) is 0 Å². The van der Waals surface area contributed by atoms with Gasteiger partial charge in [0.2, 0.25) is 0 Å². The van der Waals surface area contributed by atoms with Crippen molar-refractivity contribution < 1.29 is 0 Å². The van der Waals surface area contributed by atoms with E-state index in [1.807, 2.05) is 0 Å². The van der Waals surface area contributed by atoms with Crippen LogP contribution in [-0.2, 0) is 6.42 Å². The minimum Gasteiger partial charge on any atom is -0.0955 e. The van der Waals surface area contributed by atoms with E-state index in [1.54, 1.807) is 0 Å². The van der Waals surface area contributed by atoms with Gasteiger partial charge in [-0.05, 0) is 116 Å². The molecule has 0 heterocycles. The van der Waals surface area contributed by atoms with Crippen molar-refractivity contribution >= 4 is 11.1 Å². The molecule has 0 fully saturated rings. The summed E-state index contributed by atoms with van der Waals surface area (Å²) in [5.74, 6) is 1.03. The number of rotatable bonds is 3. The first-order valence-corrected chi connectivity index (χ1v) is 11.8. The molecule has 1 aromatic carbocycles. The molecule has 0 nitrogen and oxygen atoms in total. The van der Waals surface area contributed by atoms with Crippen molar-refractivity contribution in [3.8, 4) is 0 Å². The number of allylic oxidation sites excluding steroid dienone is 8. The zero-order chi connectivity index (χ0) is 22.8. The fraction of sp³-hybridized carbons (Fsp3) is 0.419. The minimum atomic E-state index is 0.161. The van der Waals surface area contributed by atoms with Gasteiger partial charge in [-0.3, -0.25) is 0 Å². The molecule has 3 aliphatic rings. The lowest BCUT2D eigenvalue weighted by atomic mass is 9.51. The molecular formula is C31H38. The Bertz CT molecular complexity index is 1110.